The molecule has 1 heterocycles. The van der Waals surface area contributed by atoms with Gasteiger partial charge in [-0.25, -0.2) is 4.79 Å². The molecule has 4 amide bonds. The van der Waals surface area contributed by atoms with Gasteiger partial charge in [-0.3, -0.25) is 9.59 Å². The van der Waals surface area contributed by atoms with Gasteiger partial charge < -0.3 is 21.3 Å². The van der Waals surface area contributed by atoms with Gasteiger partial charge in [-0.15, -0.1) is 0 Å². The predicted octanol–water partition coefficient (Wildman–Crippen LogP) is 4.19. The lowest BCUT2D eigenvalue weighted by atomic mass is 9.86. The quantitative estimate of drug-likeness (QED) is 0.514. The van der Waals surface area contributed by atoms with Crippen LogP contribution in [0.5, 0.6) is 0 Å². The average Bonchev–Trinajstić information content (AvgIpc) is 2.90. The normalized spacial score (nSPS) is 17.5. The van der Waals surface area contributed by atoms with Crippen molar-refractivity contribution in [3.05, 3.63) is 94.5 Å². The molecule has 174 valence electrons. The van der Waals surface area contributed by atoms with Gasteiger partial charge in [-0.05, 0) is 60.4 Å². The van der Waals surface area contributed by atoms with Gasteiger partial charge >= 0.3 is 6.03 Å². The summed E-state index contributed by atoms with van der Waals surface area (Å²) in [6.45, 7) is 1.61. The minimum atomic E-state index is -0.902. The summed E-state index contributed by atoms with van der Waals surface area (Å²) in [4.78, 5) is 39.6. The molecule has 34 heavy (non-hydrogen) atoms. The molecule has 0 bridgehead atoms. The topological polar surface area (TPSA) is 105 Å². The Balaban J connectivity index is 1.72. The van der Waals surface area contributed by atoms with Gasteiger partial charge in [0.1, 0.15) is 12.6 Å². The molecular formula is C26H25ClN4O3. The summed E-state index contributed by atoms with van der Waals surface area (Å²) in [5.41, 5.74) is 9.38. The van der Waals surface area contributed by atoms with Gasteiger partial charge in [-0.2, -0.15) is 0 Å². The van der Waals surface area contributed by atoms with Crippen LogP contribution in [0.3, 0.4) is 0 Å². The van der Waals surface area contributed by atoms with E-state index in [9.17, 15) is 14.4 Å². The zero-order chi connectivity index (χ0) is 24.2. The van der Waals surface area contributed by atoms with E-state index in [2.05, 4.69) is 10.6 Å². The maximum atomic E-state index is 13.6. The lowest BCUT2D eigenvalue weighted by Gasteiger charge is -2.25. The van der Waals surface area contributed by atoms with E-state index >= 15 is 0 Å². The Bertz CT molecular complexity index is 1230. The van der Waals surface area contributed by atoms with Gasteiger partial charge in [0, 0.05) is 22.3 Å². The standard InChI is InChI=1S/C26H25ClN4O3/c1-16-6-5-9-19(12-16)29-26(34)30-22-14-20(17-7-3-2-4-8-17)21-13-18(27)10-11-23(21)31(25(22)33)15-24(28)32/h2-13,20,22H,14-15H2,1H3,(H2,28,32)(H2,29,30,34). The van der Waals surface area contributed by atoms with Crippen LogP contribution in [0.15, 0.2) is 72.8 Å². The fourth-order valence-electron chi connectivity index (χ4n) is 4.31. The van der Waals surface area contributed by atoms with E-state index in [4.69, 9.17) is 17.3 Å². The number of fused-ring (bicyclic) bond motifs is 1. The summed E-state index contributed by atoms with van der Waals surface area (Å²) in [5, 5.41) is 6.09. The van der Waals surface area contributed by atoms with Crippen LogP contribution < -0.4 is 21.3 Å². The smallest absolute Gasteiger partial charge is 0.319 e. The van der Waals surface area contributed by atoms with E-state index in [-0.39, 0.29) is 18.9 Å². The molecule has 0 saturated carbocycles. The zero-order valence-corrected chi connectivity index (χ0v) is 19.4. The molecule has 2 atom stereocenters. The van der Waals surface area contributed by atoms with Gasteiger partial charge in [0.25, 0.3) is 0 Å². The number of primary amides is 1. The molecule has 1 aliphatic rings. The Labute approximate surface area is 202 Å². The van der Waals surface area contributed by atoms with Gasteiger partial charge in [0.2, 0.25) is 11.8 Å². The number of urea groups is 1. The number of halogens is 1. The van der Waals surface area contributed by atoms with Crippen molar-refractivity contribution in [2.45, 2.75) is 25.3 Å². The van der Waals surface area contributed by atoms with E-state index in [1.165, 1.54) is 4.90 Å². The fraction of sp³-hybridized carbons (Fsp3) is 0.192. The Kier molecular flexibility index (Phi) is 6.84. The van der Waals surface area contributed by atoms with Crippen molar-refractivity contribution in [2.24, 2.45) is 5.73 Å². The highest BCUT2D eigenvalue weighted by Gasteiger charge is 2.37. The van der Waals surface area contributed by atoms with Gasteiger partial charge in [0.05, 0.1) is 0 Å². The van der Waals surface area contributed by atoms with Crippen molar-refractivity contribution in [1.82, 2.24) is 5.32 Å². The molecule has 0 aliphatic carbocycles. The molecule has 0 fully saturated rings. The van der Waals surface area contributed by atoms with Gasteiger partial charge in [0.15, 0.2) is 0 Å². The van der Waals surface area contributed by atoms with E-state index in [1.807, 2.05) is 55.5 Å². The lowest BCUT2D eigenvalue weighted by molar-refractivity contribution is -0.123. The minimum Gasteiger partial charge on any atom is -0.368 e. The van der Waals surface area contributed by atoms with E-state index in [1.54, 1.807) is 24.3 Å². The third-order valence-electron chi connectivity index (χ3n) is 5.79. The molecular weight excluding hydrogens is 452 g/mol. The molecule has 3 aromatic rings. The van der Waals surface area contributed by atoms with Crippen LogP contribution in [0.25, 0.3) is 0 Å². The minimum absolute atomic E-state index is 0.249. The monoisotopic (exact) mass is 476 g/mol. The Morgan fingerprint density at radius 2 is 1.82 bits per heavy atom. The SMILES string of the molecule is Cc1cccc(NC(=O)NC2CC(c3ccccc3)c3cc(Cl)ccc3N(CC(N)=O)C2=O)c1. The highest BCUT2D eigenvalue weighted by Crippen LogP contribution is 2.40. The number of nitrogens with two attached hydrogens (primary N) is 1. The molecule has 0 aromatic heterocycles. The van der Waals surface area contributed by atoms with Crippen LogP contribution in [-0.2, 0) is 9.59 Å². The van der Waals surface area contributed by atoms with Gasteiger partial charge in [-0.1, -0.05) is 54.1 Å². The number of carbonyl (C=O) groups is 3. The molecule has 1 aliphatic heterocycles. The van der Waals surface area contributed by atoms with Crippen LogP contribution in [0, 0.1) is 6.92 Å². The Hall–Kier alpha value is -3.84. The number of aryl methyl sites for hydroxylation is 1. The Morgan fingerprint density at radius 1 is 1.06 bits per heavy atom. The highest BCUT2D eigenvalue weighted by atomic mass is 35.5. The highest BCUT2D eigenvalue weighted by molar-refractivity contribution is 6.30. The first-order valence-electron chi connectivity index (χ1n) is 10.9. The molecule has 0 radical (unpaired) electrons. The van der Waals surface area contributed by atoms with Crippen LogP contribution in [0.2, 0.25) is 5.02 Å². The summed E-state index contributed by atoms with van der Waals surface area (Å²) in [7, 11) is 0. The molecule has 7 nitrogen and oxygen atoms in total. The lowest BCUT2D eigenvalue weighted by Crippen LogP contribution is -2.51. The summed E-state index contributed by atoms with van der Waals surface area (Å²) in [6.07, 6.45) is 0.284. The van der Waals surface area contributed by atoms with Crippen molar-refractivity contribution in [1.29, 1.82) is 0 Å². The number of hydrogen-bond acceptors (Lipinski definition) is 3. The molecule has 0 spiro atoms. The first kappa shape index (κ1) is 23.3. The number of hydrogen-bond donors (Lipinski definition) is 3. The van der Waals surface area contributed by atoms with Crippen molar-refractivity contribution in [3.8, 4) is 0 Å². The predicted molar refractivity (Wildman–Crippen MR) is 133 cm³/mol. The molecule has 8 heteroatoms. The van der Waals surface area contributed by atoms with E-state index < -0.39 is 23.9 Å². The number of benzene rings is 3. The Morgan fingerprint density at radius 3 is 2.53 bits per heavy atom. The number of rotatable bonds is 5. The zero-order valence-electron chi connectivity index (χ0n) is 18.6. The number of anilines is 2. The van der Waals surface area contributed by atoms with Crippen molar-refractivity contribution >= 4 is 40.8 Å². The third-order valence-corrected chi connectivity index (χ3v) is 6.02. The fourth-order valence-corrected chi connectivity index (χ4v) is 4.49. The van der Waals surface area contributed by atoms with Crippen LogP contribution in [0.4, 0.5) is 16.2 Å². The number of amides is 4. The van der Waals surface area contributed by atoms with Crippen LogP contribution in [0.1, 0.15) is 29.0 Å². The first-order chi connectivity index (χ1) is 16.3. The number of nitrogens with zero attached hydrogens (tertiary/aromatic N) is 1. The second kappa shape index (κ2) is 9.97. The third kappa shape index (κ3) is 5.21. The summed E-state index contributed by atoms with van der Waals surface area (Å²) < 4.78 is 0. The molecule has 4 rings (SSSR count). The molecule has 3 aromatic carbocycles. The summed E-state index contributed by atoms with van der Waals surface area (Å²) in [6, 6.07) is 20.8. The second-order valence-electron chi connectivity index (χ2n) is 8.31. The number of carbonyl (C=O) groups excluding carboxylic acids is 3. The molecule has 2 unspecified atom stereocenters. The summed E-state index contributed by atoms with van der Waals surface area (Å²) in [5.74, 6) is -1.32. The van der Waals surface area contributed by atoms with E-state index in [0.717, 1.165) is 16.7 Å². The van der Waals surface area contributed by atoms with Crippen molar-refractivity contribution in [3.63, 3.8) is 0 Å². The maximum absolute atomic E-state index is 13.6. The van der Waals surface area contributed by atoms with E-state index in [0.29, 0.717) is 16.4 Å². The summed E-state index contributed by atoms with van der Waals surface area (Å²) >= 11 is 6.32. The van der Waals surface area contributed by atoms with Crippen LogP contribution in [-0.4, -0.2) is 30.4 Å². The largest absolute Gasteiger partial charge is 0.368 e. The maximum Gasteiger partial charge on any atom is 0.319 e. The average molecular weight is 477 g/mol. The molecule has 4 N–H and O–H groups in total. The number of nitrogens with one attached hydrogen (secondary N) is 2. The second-order valence-corrected chi connectivity index (χ2v) is 8.75. The first-order valence-corrected chi connectivity index (χ1v) is 11.3. The van der Waals surface area contributed by atoms with Crippen LogP contribution >= 0.6 is 11.6 Å². The van der Waals surface area contributed by atoms with Crippen molar-refractivity contribution in [2.75, 3.05) is 16.8 Å². The molecule has 0 saturated heterocycles. The van der Waals surface area contributed by atoms with Crippen molar-refractivity contribution < 1.29 is 14.4 Å².